The Morgan fingerprint density at radius 1 is 1.44 bits per heavy atom. The molecule has 1 aromatic carbocycles. The Morgan fingerprint density at radius 2 is 2.25 bits per heavy atom. The van der Waals surface area contributed by atoms with Gasteiger partial charge in [0.15, 0.2) is 0 Å². The monoisotopic (exact) mass is 237 g/mol. The van der Waals surface area contributed by atoms with Gasteiger partial charge in [0, 0.05) is 16.3 Å². The van der Waals surface area contributed by atoms with Gasteiger partial charge in [0.1, 0.15) is 0 Å². The normalized spacial score (nSPS) is 24.9. The van der Waals surface area contributed by atoms with Crippen LogP contribution in [0, 0.1) is 6.92 Å². The van der Waals surface area contributed by atoms with Crippen LogP contribution in [0.5, 0.6) is 0 Å². The number of anilines is 1. The highest BCUT2D eigenvalue weighted by molar-refractivity contribution is 7.99. The van der Waals surface area contributed by atoms with Crippen LogP contribution in [0.3, 0.4) is 0 Å². The highest BCUT2D eigenvalue weighted by Gasteiger charge is 2.21. The molecule has 0 saturated carbocycles. The van der Waals surface area contributed by atoms with E-state index in [1.807, 2.05) is 24.8 Å². The maximum atomic E-state index is 5.79. The highest BCUT2D eigenvalue weighted by Crippen LogP contribution is 2.27. The van der Waals surface area contributed by atoms with E-state index >= 15 is 0 Å². The number of aryl methyl sites for hydroxylation is 1. The Hall–Kier alpha value is -0.670. The first-order valence-electron chi connectivity index (χ1n) is 5.79. The third kappa shape index (κ3) is 2.92. The van der Waals surface area contributed by atoms with Crippen molar-refractivity contribution < 1.29 is 4.74 Å². The molecule has 1 saturated heterocycles. The zero-order valence-corrected chi connectivity index (χ0v) is 10.7. The van der Waals surface area contributed by atoms with Crippen molar-refractivity contribution in [2.45, 2.75) is 43.8 Å². The van der Waals surface area contributed by atoms with Gasteiger partial charge in [-0.15, -0.1) is 11.8 Å². The zero-order valence-electron chi connectivity index (χ0n) is 9.90. The first-order valence-corrected chi connectivity index (χ1v) is 6.78. The van der Waals surface area contributed by atoms with Gasteiger partial charge in [-0.1, -0.05) is 0 Å². The van der Waals surface area contributed by atoms with E-state index in [2.05, 4.69) is 19.1 Å². The molecule has 1 aliphatic heterocycles. The minimum Gasteiger partial charge on any atom is -0.399 e. The van der Waals surface area contributed by atoms with Crippen LogP contribution in [0.15, 0.2) is 23.1 Å². The standard InChI is InChI=1S/C13H19NOS/c1-9-7-12(5-6-13(9)14)16-8-11-4-3-10(2)15-11/h5-7,10-11H,3-4,8,14H2,1-2H3. The molecule has 2 nitrogen and oxygen atoms in total. The molecule has 0 spiro atoms. The molecule has 3 heteroatoms. The summed E-state index contributed by atoms with van der Waals surface area (Å²) in [5.41, 5.74) is 7.82. The molecule has 88 valence electrons. The Labute approximate surface area is 102 Å². The molecule has 0 aliphatic carbocycles. The lowest BCUT2D eigenvalue weighted by Gasteiger charge is -2.11. The molecule has 0 aromatic heterocycles. The topological polar surface area (TPSA) is 35.2 Å². The van der Waals surface area contributed by atoms with Crippen LogP contribution in [-0.2, 0) is 4.74 Å². The number of benzene rings is 1. The highest BCUT2D eigenvalue weighted by atomic mass is 32.2. The molecule has 2 unspecified atom stereocenters. The van der Waals surface area contributed by atoms with Gasteiger partial charge in [-0.2, -0.15) is 0 Å². The van der Waals surface area contributed by atoms with Crippen LogP contribution in [0.2, 0.25) is 0 Å². The van der Waals surface area contributed by atoms with Gasteiger partial charge in [-0.05, 0) is 50.5 Å². The van der Waals surface area contributed by atoms with Crippen molar-refractivity contribution >= 4 is 17.4 Å². The molecule has 1 heterocycles. The van der Waals surface area contributed by atoms with Gasteiger partial charge >= 0.3 is 0 Å². The lowest BCUT2D eigenvalue weighted by molar-refractivity contribution is 0.0700. The molecule has 1 aromatic rings. The maximum Gasteiger partial charge on any atom is 0.0673 e. The SMILES string of the molecule is Cc1cc(SCC2CCC(C)O2)ccc1N. The Morgan fingerprint density at radius 3 is 2.88 bits per heavy atom. The average Bonchev–Trinajstić information content (AvgIpc) is 2.66. The quantitative estimate of drug-likeness (QED) is 0.647. The maximum absolute atomic E-state index is 5.79. The second-order valence-corrected chi connectivity index (χ2v) is 5.57. The lowest BCUT2D eigenvalue weighted by Crippen LogP contribution is -2.10. The van der Waals surface area contributed by atoms with E-state index in [-0.39, 0.29) is 0 Å². The van der Waals surface area contributed by atoms with Crippen LogP contribution >= 0.6 is 11.8 Å². The lowest BCUT2D eigenvalue weighted by atomic mass is 10.2. The molecule has 0 radical (unpaired) electrons. The summed E-state index contributed by atoms with van der Waals surface area (Å²) in [5, 5.41) is 0. The van der Waals surface area contributed by atoms with Crippen molar-refractivity contribution in [2.75, 3.05) is 11.5 Å². The second kappa shape index (κ2) is 5.11. The summed E-state index contributed by atoms with van der Waals surface area (Å²) in [4.78, 5) is 1.29. The number of thioether (sulfide) groups is 1. The average molecular weight is 237 g/mol. The third-order valence-corrected chi connectivity index (χ3v) is 4.12. The van der Waals surface area contributed by atoms with Gasteiger partial charge in [-0.3, -0.25) is 0 Å². The van der Waals surface area contributed by atoms with Crippen LogP contribution in [0.25, 0.3) is 0 Å². The summed E-state index contributed by atoms with van der Waals surface area (Å²) in [6.45, 7) is 4.20. The Balaban J connectivity index is 1.87. The molecule has 2 rings (SSSR count). The minimum absolute atomic E-state index is 0.429. The van der Waals surface area contributed by atoms with E-state index < -0.39 is 0 Å². The Bertz CT molecular complexity index is 367. The number of nitrogen functional groups attached to an aromatic ring is 1. The number of hydrogen-bond donors (Lipinski definition) is 1. The van der Waals surface area contributed by atoms with E-state index in [4.69, 9.17) is 10.5 Å². The summed E-state index contributed by atoms with van der Waals surface area (Å²) in [5.74, 6) is 1.05. The minimum atomic E-state index is 0.429. The molecule has 16 heavy (non-hydrogen) atoms. The van der Waals surface area contributed by atoms with Gasteiger partial charge in [-0.25, -0.2) is 0 Å². The molecular formula is C13H19NOS. The molecule has 0 amide bonds. The van der Waals surface area contributed by atoms with Crippen molar-refractivity contribution in [3.8, 4) is 0 Å². The summed E-state index contributed by atoms with van der Waals surface area (Å²) in [6.07, 6.45) is 3.27. The van der Waals surface area contributed by atoms with Gasteiger partial charge in [0.2, 0.25) is 0 Å². The number of rotatable bonds is 3. The van der Waals surface area contributed by atoms with E-state index in [1.165, 1.54) is 17.7 Å². The fourth-order valence-corrected chi connectivity index (χ4v) is 2.98. The molecule has 1 aliphatic rings. The molecular weight excluding hydrogens is 218 g/mol. The summed E-state index contributed by atoms with van der Waals surface area (Å²) in [6, 6.07) is 6.22. The van der Waals surface area contributed by atoms with E-state index in [0.29, 0.717) is 12.2 Å². The first-order chi connectivity index (χ1) is 7.65. The third-order valence-electron chi connectivity index (χ3n) is 3.00. The molecule has 2 atom stereocenters. The van der Waals surface area contributed by atoms with Crippen molar-refractivity contribution in [3.05, 3.63) is 23.8 Å². The zero-order chi connectivity index (χ0) is 11.5. The largest absolute Gasteiger partial charge is 0.399 e. The molecule has 1 fully saturated rings. The molecule has 2 N–H and O–H groups in total. The van der Waals surface area contributed by atoms with Crippen LogP contribution < -0.4 is 5.73 Å². The van der Waals surface area contributed by atoms with Gasteiger partial charge in [0.25, 0.3) is 0 Å². The van der Waals surface area contributed by atoms with E-state index in [9.17, 15) is 0 Å². The van der Waals surface area contributed by atoms with Gasteiger partial charge < -0.3 is 10.5 Å². The fraction of sp³-hybridized carbons (Fsp3) is 0.538. The smallest absolute Gasteiger partial charge is 0.0673 e. The predicted molar refractivity (Wildman–Crippen MR) is 69.9 cm³/mol. The Kier molecular flexibility index (Phi) is 3.77. The van der Waals surface area contributed by atoms with Crippen molar-refractivity contribution in [1.82, 2.24) is 0 Å². The molecule has 0 bridgehead atoms. The summed E-state index contributed by atoms with van der Waals surface area (Å²) < 4.78 is 5.79. The number of ether oxygens (including phenoxy) is 1. The fourth-order valence-electron chi connectivity index (χ4n) is 1.93. The number of hydrogen-bond acceptors (Lipinski definition) is 3. The summed E-state index contributed by atoms with van der Waals surface area (Å²) >= 11 is 1.86. The first kappa shape index (κ1) is 11.8. The van der Waals surface area contributed by atoms with Crippen molar-refractivity contribution in [2.24, 2.45) is 0 Å². The van der Waals surface area contributed by atoms with E-state index in [0.717, 1.165) is 17.0 Å². The summed E-state index contributed by atoms with van der Waals surface area (Å²) in [7, 11) is 0. The second-order valence-electron chi connectivity index (χ2n) is 4.48. The van der Waals surface area contributed by atoms with Gasteiger partial charge in [0.05, 0.1) is 12.2 Å². The van der Waals surface area contributed by atoms with Crippen LogP contribution in [0.4, 0.5) is 5.69 Å². The van der Waals surface area contributed by atoms with Crippen LogP contribution in [-0.4, -0.2) is 18.0 Å². The van der Waals surface area contributed by atoms with Crippen molar-refractivity contribution in [3.63, 3.8) is 0 Å². The van der Waals surface area contributed by atoms with E-state index in [1.54, 1.807) is 0 Å². The van der Waals surface area contributed by atoms with Crippen LogP contribution in [0.1, 0.15) is 25.3 Å². The number of nitrogens with two attached hydrogens (primary N) is 1. The van der Waals surface area contributed by atoms with Crippen molar-refractivity contribution in [1.29, 1.82) is 0 Å². The predicted octanol–water partition coefficient (Wildman–Crippen LogP) is 3.24.